The summed E-state index contributed by atoms with van der Waals surface area (Å²) in [4.78, 5) is 21.2. The summed E-state index contributed by atoms with van der Waals surface area (Å²) < 4.78 is 43.0. The van der Waals surface area contributed by atoms with Crippen LogP contribution in [-0.2, 0) is 26.6 Å². The lowest BCUT2D eigenvalue weighted by Gasteiger charge is -2.51. The lowest BCUT2D eigenvalue weighted by Crippen LogP contribution is -2.57. The van der Waals surface area contributed by atoms with E-state index in [1.165, 1.54) is 11.1 Å². The first-order chi connectivity index (χ1) is 24.9. The molecule has 282 valence electrons. The van der Waals surface area contributed by atoms with Crippen molar-refractivity contribution in [3.05, 3.63) is 70.3 Å². The van der Waals surface area contributed by atoms with E-state index in [-0.39, 0.29) is 17.3 Å². The van der Waals surface area contributed by atoms with E-state index in [0.717, 1.165) is 94.4 Å². The second-order valence-corrected chi connectivity index (χ2v) is 19.6. The van der Waals surface area contributed by atoms with Crippen LogP contribution in [0.3, 0.4) is 0 Å². The number of fused-ring (bicyclic) bond motifs is 5. The van der Waals surface area contributed by atoms with E-state index in [0.29, 0.717) is 36.3 Å². The molecule has 2 aromatic rings. The molecule has 2 aromatic carbocycles. The standard InChI is InChI=1S/C41H55ClN4O5S/c1-27-7-5-16-41(50-4,25-45-21-32-19-44(3)20-33(32)22-45)36-12-9-31(36)23-46-24-40(15-6-8-29-17-34(42)11-13-35(29)40)26-51-38-14-10-30(18-37(38)46)39(47)43-52(48,49)28(27)2/h5,10-11,13-14,16-18,27-28,31-33,36H,6-9,12,15,19-26H2,1-4H3,(H,43,47)/b16-5-/t27-,28+,31-,32-,33+,36+,40-,41-/m0/s1. The summed E-state index contributed by atoms with van der Waals surface area (Å²) in [7, 11) is 0.159. The van der Waals surface area contributed by atoms with Crippen molar-refractivity contribution in [3.63, 3.8) is 0 Å². The number of nitrogens with zero attached hydrogens (tertiary/aromatic N) is 3. The highest BCUT2D eigenvalue weighted by atomic mass is 35.5. The van der Waals surface area contributed by atoms with Gasteiger partial charge in [0.2, 0.25) is 10.0 Å². The SMILES string of the molecule is CO[C@]1(CN2C[C@H]3CN(C)C[C@H]3C2)/C=C\C[C@H](C)[C@@H](C)S(=O)(=O)NC(=O)c2ccc3c(c2)N(C[C@@H]2CC[C@H]21)C[C@@]1(CCCc2cc(Cl)ccc21)CO3. The van der Waals surface area contributed by atoms with Crippen molar-refractivity contribution < 1.29 is 22.7 Å². The van der Waals surface area contributed by atoms with E-state index in [1.54, 1.807) is 13.0 Å². The van der Waals surface area contributed by atoms with E-state index >= 15 is 0 Å². The molecule has 2 bridgehead atoms. The van der Waals surface area contributed by atoms with Gasteiger partial charge in [0, 0.05) is 68.9 Å². The first kappa shape index (κ1) is 36.4. The number of anilines is 1. The molecular weight excluding hydrogens is 696 g/mol. The van der Waals surface area contributed by atoms with Crippen LogP contribution < -0.4 is 14.4 Å². The molecule has 11 heteroatoms. The van der Waals surface area contributed by atoms with Crippen LogP contribution in [0.2, 0.25) is 5.02 Å². The Morgan fingerprint density at radius 3 is 2.54 bits per heavy atom. The Morgan fingerprint density at radius 2 is 1.81 bits per heavy atom. The molecule has 0 unspecified atom stereocenters. The maximum Gasteiger partial charge on any atom is 0.264 e. The van der Waals surface area contributed by atoms with Crippen molar-refractivity contribution in [1.82, 2.24) is 14.5 Å². The van der Waals surface area contributed by atoms with Gasteiger partial charge in [-0.25, -0.2) is 13.1 Å². The number of amides is 1. The van der Waals surface area contributed by atoms with Crippen molar-refractivity contribution in [2.75, 3.05) is 71.5 Å². The molecule has 8 atom stereocenters. The van der Waals surface area contributed by atoms with Crippen LogP contribution in [0.1, 0.15) is 67.4 Å². The molecule has 2 saturated heterocycles. The van der Waals surface area contributed by atoms with Crippen LogP contribution >= 0.6 is 11.6 Å². The predicted molar refractivity (Wildman–Crippen MR) is 206 cm³/mol. The zero-order chi connectivity index (χ0) is 36.4. The third-order valence-corrected chi connectivity index (χ3v) is 16.0. The molecule has 4 aliphatic heterocycles. The quantitative estimate of drug-likeness (QED) is 0.397. The fourth-order valence-electron chi connectivity index (χ4n) is 10.6. The molecule has 1 amide bonds. The highest BCUT2D eigenvalue weighted by Gasteiger charge is 2.51. The molecule has 1 saturated carbocycles. The lowest BCUT2D eigenvalue weighted by molar-refractivity contribution is -0.0899. The predicted octanol–water partition coefficient (Wildman–Crippen LogP) is 5.76. The van der Waals surface area contributed by atoms with Gasteiger partial charge in [0.1, 0.15) is 11.4 Å². The maximum absolute atomic E-state index is 13.6. The summed E-state index contributed by atoms with van der Waals surface area (Å²) in [6.45, 7) is 11.0. The molecule has 1 spiro atoms. The van der Waals surface area contributed by atoms with Gasteiger partial charge < -0.3 is 19.3 Å². The second kappa shape index (κ2) is 13.9. The number of rotatable bonds is 3. The highest BCUT2D eigenvalue weighted by Crippen LogP contribution is 2.50. The van der Waals surface area contributed by atoms with Gasteiger partial charge in [0.05, 0.1) is 17.5 Å². The summed E-state index contributed by atoms with van der Waals surface area (Å²) in [6, 6.07) is 11.7. The van der Waals surface area contributed by atoms with Crippen LogP contribution in [0.5, 0.6) is 5.75 Å². The fourth-order valence-corrected chi connectivity index (χ4v) is 12.1. The normalized spacial score (nSPS) is 36.9. The number of ether oxygens (including phenoxy) is 2. The number of likely N-dealkylation sites (tertiary alicyclic amines) is 2. The second-order valence-electron chi connectivity index (χ2n) is 17.1. The third kappa shape index (κ3) is 6.58. The van der Waals surface area contributed by atoms with Crippen LogP contribution in [0.15, 0.2) is 48.6 Å². The number of sulfonamides is 1. The minimum Gasteiger partial charge on any atom is -0.490 e. The summed E-state index contributed by atoms with van der Waals surface area (Å²) in [5, 5.41) is -0.0133. The van der Waals surface area contributed by atoms with Crippen molar-refractivity contribution in [1.29, 1.82) is 0 Å². The van der Waals surface area contributed by atoms with Gasteiger partial charge in [-0.3, -0.25) is 9.69 Å². The summed E-state index contributed by atoms with van der Waals surface area (Å²) in [5.74, 6) is 1.94. The molecule has 8 rings (SSSR count). The first-order valence-corrected chi connectivity index (χ1v) is 21.3. The zero-order valence-electron chi connectivity index (χ0n) is 31.2. The number of hydrogen-bond donors (Lipinski definition) is 1. The molecule has 3 fully saturated rings. The molecule has 6 aliphatic rings. The largest absolute Gasteiger partial charge is 0.490 e. The van der Waals surface area contributed by atoms with Crippen LogP contribution in [0, 0.1) is 29.6 Å². The van der Waals surface area contributed by atoms with E-state index in [9.17, 15) is 13.2 Å². The first-order valence-electron chi connectivity index (χ1n) is 19.4. The molecule has 4 heterocycles. The van der Waals surface area contributed by atoms with Gasteiger partial charge in [-0.15, -0.1) is 0 Å². The Morgan fingerprint density at radius 1 is 1.02 bits per heavy atom. The summed E-state index contributed by atoms with van der Waals surface area (Å²) >= 11 is 6.51. The topological polar surface area (TPSA) is 91.4 Å². The van der Waals surface area contributed by atoms with Gasteiger partial charge in [0.25, 0.3) is 5.91 Å². The number of methoxy groups -OCH3 is 1. The van der Waals surface area contributed by atoms with Crippen LogP contribution in [0.4, 0.5) is 5.69 Å². The maximum atomic E-state index is 13.6. The van der Waals surface area contributed by atoms with Crippen molar-refractivity contribution >= 4 is 33.2 Å². The molecule has 0 aromatic heterocycles. The number of hydrogen-bond acceptors (Lipinski definition) is 8. The number of benzene rings is 2. The smallest absolute Gasteiger partial charge is 0.264 e. The molecular formula is C41H55ClN4O5S. The number of carbonyl (C=O) groups excluding carboxylic acids is 1. The fraction of sp³-hybridized carbons (Fsp3) is 0.634. The Labute approximate surface area is 315 Å². The molecule has 1 N–H and O–H groups in total. The minimum absolute atomic E-state index is 0.205. The van der Waals surface area contributed by atoms with Gasteiger partial charge in [-0.2, -0.15) is 0 Å². The van der Waals surface area contributed by atoms with Crippen molar-refractivity contribution in [2.45, 2.75) is 68.6 Å². The average Bonchev–Trinajstić information content (AvgIpc) is 3.58. The number of aryl methyl sites for hydroxylation is 1. The number of halogens is 1. The van der Waals surface area contributed by atoms with E-state index in [2.05, 4.69) is 50.8 Å². The Balaban J connectivity index is 1.19. The zero-order valence-corrected chi connectivity index (χ0v) is 32.7. The van der Waals surface area contributed by atoms with Crippen LogP contribution in [-0.4, -0.2) is 102 Å². The lowest BCUT2D eigenvalue weighted by atomic mass is 9.63. The summed E-state index contributed by atoms with van der Waals surface area (Å²) in [5.41, 5.74) is 2.98. The van der Waals surface area contributed by atoms with E-state index in [1.807, 2.05) is 32.2 Å². The summed E-state index contributed by atoms with van der Waals surface area (Å²) in [6.07, 6.45) is 10.2. The molecule has 9 nitrogen and oxygen atoms in total. The van der Waals surface area contributed by atoms with E-state index < -0.39 is 26.8 Å². The van der Waals surface area contributed by atoms with Gasteiger partial charge >= 0.3 is 0 Å². The number of nitrogens with one attached hydrogen (secondary N) is 1. The molecule has 0 radical (unpaired) electrons. The van der Waals surface area contributed by atoms with Gasteiger partial charge in [0.15, 0.2) is 0 Å². The van der Waals surface area contributed by atoms with E-state index in [4.69, 9.17) is 21.1 Å². The molecule has 2 aliphatic carbocycles. The van der Waals surface area contributed by atoms with Gasteiger partial charge in [-0.1, -0.05) is 36.7 Å². The Hall–Kier alpha value is -2.63. The number of allylic oxidation sites excluding steroid dienone is 1. The molecule has 52 heavy (non-hydrogen) atoms. The Bertz CT molecular complexity index is 1820. The Kier molecular flexibility index (Phi) is 9.72. The average molecular weight is 751 g/mol. The number of carbonyl (C=O) groups is 1. The highest BCUT2D eigenvalue weighted by molar-refractivity contribution is 7.90. The third-order valence-electron chi connectivity index (χ3n) is 13.8. The van der Waals surface area contributed by atoms with Crippen LogP contribution in [0.25, 0.3) is 0 Å². The minimum atomic E-state index is -3.94. The van der Waals surface area contributed by atoms with Crippen molar-refractivity contribution in [2.24, 2.45) is 29.6 Å². The van der Waals surface area contributed by atoms with Gasteiger partial charge in [-0.05, 0) is 124 Å². The monoisotopic (exact) mass is 750 g/mol. The van der Waals surface area contributed by atoms with Crippen molar-refractivity contribution in [3.8, 4) is 5.75 Å².